The summed E-state index contributed by atoms with van der Waals surface area (Å²) in [5.41, 5.74) is 1.47. The van der Waals surface area contributed by atoms with Crippen molar-refractivity contribution in [3.05, 3.63) is 92.8 Å². The summed E-state index contributed by atoms with van der Waals surface area (Å²) in [6, 6.07) is 16.6. The van der Waals surface area contributed by atoms with Crippen LogP contribution in [0, 0.1) is 0 Å². The molecular formula is C31H30ClNO6. The van der Waals surface area contributed by atoms with Gasteiger partial charge >= 0.3 is 0 Å². The number of fused-ring (bicyclic) bond motifs is 2. The molecule has 1 amide bonds. The zero-order chi connectivity index (χ0) is 27.5. The van der Waals surface area contributed by atoms with E-state index in [0.717, 1.165) is 25.7 Å². The molecule has 0 saturated carbocycles. The van der Waals surface area contributed by atoms with E-state index in [0.29, 0.717) is 51.1 Å². The summed E-state index contributed by atoms with van der Waals surface area (Å²) >= 11 is 6.21. The fraction of sp³-hybridized carbons (Fsp3) is 0.290. The summed E-state index contributed by atoms with van der Waals surface area (Å²) in [6.07, 6.45) is 4.36. The summed E-state index contributed by atoms with van der Waals surface area (Å²) in [6.45, 7) is 2.74. The molecule has 0 saturated heterocycles. The number of benzene rings is 3. The first-order valence-corrected chi connectivity index (χ1v) is 13.4. The van der Waals surface area contributed by atoms with Gasteiger partial charge in [-0.3, -0.25) is 14.5 Å². The molecule has 202 valence electrons. The van der Waals surface area contributed by atoms with Gasteiger partial charge in [0.05, 0.1) is 37.8 Å². The van der Waals surface area contributed by atoms with Gasteiger partial charge in [-0.1, -0.05) is 49.9 Å². The van der Waals surface area contributed by atoms with Crippen LogP contribution < -0.4 is 24.5 Å². The van der Waals surface area contributed by atoms with Gasteiger partial charge in [-0.25, -0.2) is 0 Å². The summed E-state index contributed by atoms with van der Waals surface area (Å²) in [5.74, 6) is 1.27. The third kappa shape index (κ3) is 5.06. The Bertz CT molecular complexity index is 1580. The average Bonchev–Trinajstić information content (AvgIpc) is 3.25. The number of rotatable bonds is 10. The van der Waals surface area contributed by atoms with Crippen LogP contribution in [0.3, 0.4) is 0 Å². The molecule has 0 radical (unpaired) electrons. The molecule has 0 aliphatic carbocycles. The Morgan fingerprint density at radius 1 is 0.923 bits per heavy atom. The van der Waals surface area contributed by atoms with Gasteiger partial charge in [0.25, 0.3) is 5.91 Å². The quantitative estimate of drug-likeness (QED) is 0.196. The lowest BCUT2D eigenvalue weighted by Crippen LogP contribution is -2.29. The van der Waals surface area contributed by atoms with Crippen LogP contribution in [0.4, 0.5) is 5.69 Å². The predicted octanol–water partition coefficient (Wildman–Crippen LogP) is 7.17. The average molecular weight is 548 g/mol. The summed E-state index contributed by atoms with van der Waals surface area (Å²) in [5, 5.41) is 0.716. The van der Waals surface area contributed by atoms with E-state index >= 15 is 0 Å². The maximum atomic E-state index is 13.9. The van der Waals surface area contributed by atoms with Gasteiger partial charge in [-0.2, -0.15) is 0 Å². The number of nitrogens with zero attached hydrogens (tertiary/aromatic N) is 1. The Hall–Kier alpha value is -3.97. The van der Waals surface area contributed by atoms with Crippen molar-refractivity contribution in [2.75, 3.05) is 25.7 Å². The molecule has 1 atom stereocenters. The predicted molar refractivity (Wildman–Crippen MR) is 152 cm³/mol. The van der Waals surface area contributed by atoms with Crippen molar-refractivity contribution in [1.82, 2.24) is 0 Å². The molecule has 8 heteroatoms. The first-order chi connectivity index (χ1) is 19.0. The molecular weight excluding hydrogens is 518 g/mol. The standard InChI is InChI=1S/C31H30ClNO6/c1-4-5-6-7-15-38-25-13-11-19(16-26(25)37-3)28-27-29(34)23-17-20(32)12-14-24(23)39-30(27)31(35)33(28)21-9-8-10-22(18-21)36-2/h8-14,16-18,28H,4-7,15H2,1-3H3. The van der Waals surface area contributed by atoms with Gasteiger partial charge < -0.3 is 18.6 Å². The van der Waals surface area contributed by atoms with Crippen molar-refractivity contribution in [3.8, 4) is 17.2 Å². The normalized spacial score (nSPS) is 14.5. The monoisotopic (exact) mass is 547 g/mol. The minimum atomic E-state index is -0.772. The summed E-state index contributed by atoms with van der Waals surface area (Å²) < 4.78 is 23.1. The highest BCUT2D eigenvalue weighted by atomic mass is 35.5. The molecule has 0 spiro atoms. The number of hydrogen-bond acceptors (Lipinski definition) is 6. The first-order valence-electron chi connectivity index (χ1n) is 13.0. The summed E-state index contributed by atoms with van der Waals surface area (Å²) in [4.78, 5) is 29.3. The van der Waals surface area contributed by atoms with Crippen LogP contribution in [0.5, 0.6) is 17.2 Å². The molecule has 1 aliphatic rings. The number of hydrogen-bond donors (Lipinski definition) is 0. The molecule has 1 unspecified atom stereocenters. The third-order valence-corrected chi connectivity index (χ3v) is 7.16. The van der Waals surface area contributed by atoms with Crippen LogP contribution in [-0.2, 0) is 0 Å². The van der Waals surface area contributed by atoms with Gasteiger partial charge in [0.15, 0.2) is 16.9 Å². The molecule has 0 N–H and O–H groups in total. The van der Waals surface area contributed by atoms with Crippen LogP contribution in [0.15, 0.2) is 69.9 Å². The molecule has 39 heavy (non-hydrogen) atoms. The van der Waals surface area contributed by atoms with Gasteiger partial charge in [0, 0.05) is 16.8 Å². The zero-order valence-corrected chi connectivity index (χ0v) is 22.9. The van der Waals surface area contributed by atoms with E-state index in [9.17, 15) is 9.59 Å². The first kappa shape index (κ1) is 26.6. The number of halogens is 1. The molecule has 4 aromatic rings. The Kier molecular flexibility index (Phi) is 7.79. The summed E-state index contributed by atoms with van der Waals surface area (Å²) in [7, 11) is 3.13. The minimum Gasteiger partial charge on any atom is -0.497 e. The number of carbonyl (C=O) groups excluding carboxylic acids is 1. The van der Waals surface area contributed by atoms with Crippen LogP contribution in [-0.4, -0.2) is 26.7 Å². The molecule has 2 heterocycles. The second-order valence-electron chi connectivity index (χ2n) is 9.41. The molecule has 7 nitrogen and oxygen atoms in total. The lowest BCUT2D eigenvalue weighted by Gasteiger charge is -2.26. The smallest absolute Gasteiger partial charge is 0.295 e. The van der Waals surface area contributed by atoms with Crippen LogP contribution in [0.25, 0.3) is 11.0 Å². The minimum absolute atomic E-state index is 0.00198. The maximum Gasteiger partial charge on any atom is 0.295 e. The number of methoxy groups -OCH3 is 2. The number of amides is 1. The Morgan fingerprint density at radius 3 is 2.54 bits per heavy atom. The van der Waals surface area contributed by atoms with Crippen LogP contribution in [0.1, 0.15) is 60.3 Å². The van der Waals surface area contributed by atoms with Crippen LogP contribution >= 0.6 is 11.6 Å². The van der Waals surface area contributed by atoms with E-state index in [4.69, 9.17) is 30.2 Å². The maximum absolute atomic E-state index is 13.9. The molecule has 0 fully saturated rings. The number of unbranched alkanes of at least 4 members (excludes halogenated alkanes) is 3. The van der Waals surface area contributed by atoms with Crippen molar-refractivity contribution in [1.29, 1.82) is 0 Å². The molecule has 5 rings (SSSR count). The van der Waals surface area contributed by atoms with E-state index in [1.807, 2.05) is 18.2 Å². The third-order valence-electron chi connectivity index (χ3n) is 6.92. The number of carbonyl (C=O) groups is 1. The van der Waals surface area contributed by atoms with E-state index in [-0.39, 0.29) is 16.8 Å². The fourth-order valence-electron chi connectivity index (χ4n) is 4.97. The topological polar surface area (TPSA) is 78.2 Å². The highest BCUT2D eigenvalue weighted by molar-refractivity contribution is 6.31. The van der Waals surface area contributed by atoms with Crippen molar-refractivity contribution in [2.45, 2.75) is 38.6 Å². The lowest BCUT2D eigenvalue weighted by atomic mass is 9.97. The largest absolute Gasteiger partial charge is 0.497 e. The Labute approximate surface area is 231 Å². The SMILES string of the molecule is CCCCCCOc1ccc(C2c3c(oc4ccc(Cl)cc4c3=O)C(=O)N2c2cccc(OC)c2)cc1OC. The van der Waals surface area contributed by atoms with E-state index in [1.165, 1.54) is 0 Å². The Balaban J connectivity index is 1.64. The number of anilines is 1. The van der Waals surface area contributed by atoms with Crippen molar-refractivity contribution < 1.29 is 23.4 Å². The van der Waals surface area contributed by atoms with Crippen LogP contribution in [0.2, 0.25) is 5.02 Å². The molecule has 1 aromatic heterocycles. The second-order valence-corrected chi connectivity index (χ2v) is 9.85. The van der Waals surface area contributed by atoms with Gasteiger partial charge in [0.2, 0.25) is 5.76 Å². The van der Waals surface area contributed by atoms with E-state index in [2.05, 4.69) is 6.92 Å². The van der Waals surface area contributed by atoms with E-state index < -0.39 is 11.9 Å². The van der Waals surface area contributed by atoms with Crippen molar-refractivity contribution in [3.63, 3.8) is 0 Å². The van der Waals surface area contributed by atoms with Gasteiger partial charge in [-0.15, -0.1) is 0 Å². The molecule has 3 aromatic carbocycles. The number of ether oxygens (including phenoxy) is 3. The Morgan fingerprint density at radius 2 is 1.77 bits per heavy atom. The van der Waals surface area contributed by atoms with E-state index in [1.54, 1.807) is 61.6 Å². The zero-order valence-electron chi connectivity index (χ0n) is 22.2. The lowest BCUT2D eigenvalue weighted by molar-refractivity contribution is 0.0971. The highest BCUT2D eigenvalue weighted by Gasteiger charge is 2.44. The molecule has 0 bridgehead atoms. The fourth-order valence-corrected chi connectivity index (χ4v) is 5.14. The second kappa shape index (κ2) is 11.4. The molecule has 1 aliphatic heterocycles. The highest BCUT2D eigenvalue weighted by Crippen LogP contribution is 2.44. The van der Waals surface area contributed by atoms with Crippen molar-refractivity contribution >= 4 is 34.2 Å². The van der Waals surface area contributed by atoms with Gasteiger partial charge in [-0.05, 0) is 54.4 Å². The van der Waals surface area contributed by atoms with Crippen molar-refractivity contribution in [2.24, 2.45) is 0 Å². The van der Waals surface area contributed by atoms with Gasteiger partial charge in [0.1, 0.15) is 11.3 Å².